The third-order valence-corrected chi connectivity index (χ3v) is 5.90. The molecule has 11 heteroatoms. The van der Waals surface area contributed by atoms with Crippen LogP contribution in [-0.4, -0.2) is 60.3 Å². The molecule has 5 atom stereocenters. The van der Waals surface area contributed by atoms with Gasteiger partial charge in [0.1, 0.15) is 0 Å². The molecule has 3 amide bonds. The fraction of sp³-hybridized carbons (Fsp3) is 0.571. The molecule has 2 saturated heterocycles. The minimum atomic E-state index is -4.42. The van der Waals surface area contributed by atoms with Crippen molar-refractivity contribution in [2.24, 2.45) is 11.8 Å². The number of aliphatic hydroxyl groups excluding tert-OH is 1. The van der Waals surface area contributed by atoms with Crippen LogP contribution in [0.1, 0.15) is 24.8 Å². The first-order chi connectivity index (χ1) is 15.1. The first kappa shape index (κ1) is 24.0. The molecule has 2 heterocycles. The molecule has 8 nitrogen and oxygen atoms in total. The predicted molar refractivity (Wildman–Crippen MR) is 108 cm³/mol. The summed E-state index contributed by atoms with van der Waals surface area (Å²) in [5.74, 6) is -3.90. The molecule has 0 aliphatic carbocycles. The van der Waals surface area contributed by atoms with E-state index in [4.69, 9.17) is 0 Å². The zero-order valence-corrected chi connectivity index (χ0v) is 17.3. The van der Waals surface area contributed by atoms with E-state index in [0.29, 0.717) is 13.0 Å². The number of rotatable bonds is 8. The molecule has 32 heavy (non-hydrogen) atoms. The van der Waals surface area contributed by atoms with Gasteiger partial charge in [0.25, 0.3) is 5.91 Å². The number of nitrogens with one attached hydrogen (secondary N) is 4. The van der Waals surface area contributed by atoms with Crippen LogP contribution in [0, 0.1) is 11.8 Å². The van der Waals surface area contributed by atoms with Crippen molar-refractivity contribution in [3.8, 4) is 0 Å². The number of halogens is 3. The van der Waals surface area contributed by atoms with Crippen molar-refractivity contribution in [1.29, 1.82) is 0 Å². The first-order valence-corrected chi connectivity index (χ1v) is 10.5. The molecule has 5 N–H and O–H groups in total. The molecule has 0 saturated carbocycles. The van der Waals surface area contributed by atoms with Gasteiger partial charge in [-0.1, -0.05) is 30.3 Å². The molecule has 0 bridgehead atoms. The quantitative estimate of drug-likeness (QED) is 0.383. The van der Waals surface area contributed by atoms with Crippen LogP contribution in [0.2, 0.25) is 0 Å². The highest BCUT2D eigenvalue weighted by Gasteiger charge is 2.46. The van der Waals surface area contributed by atoms with Crippen LogP contribution in [0.3, 0.4) is 0 Å². The minimum Gasteiger partial charge on any atom is -0.381 e. The number of hydrogen-bond donors (Lipinski definition) is 5. The first-order valence-electron chi connectivity index (χ1n) is 10.5. The maximum absolute atomic E-state index is 12.9. The Balaban J connectivity index is 1.63. The molecule has 0 radical (unpaired) electrons. The molecule has 0 aromatic heterocycles. The van der Waals surface area contributed by atoms with Crippen molar-refractivity contribution < 1.29 is 32.7 Å². The molecule has 2 fully saturated rings. The van der Waals surface area contributed by atoms with E-state index in [1.54, 1.807) is 24.3 Å². The lowest BCUT2D eigenvalue weighted by Gasteiger charge is -2.26. The third-order valence-electron chi connectivity index (χ3n) is 5.90. The summed E-state index contributed by atoms with van der Waals surface area (Å²) >= 11 is 0. The van der Waals surface area contributed by atoms with Gasteiger partial charge in [-0.25, -0.2) is 0 Å². The van der Waals surface area contributed by atoms with E-state index in [-0.39, 0.29) is 25.4 Å². The van der Waals surface area contributed by atoms with E-state index in [1.165, 1.54) is 0 Å². The number of aliphatic hydroxyl groups is 1. The highest BCUT2D eigenvalue weighted by molar-refractivity contribution is 5.86. The van der Waals surface area contributed by atoms with Gasteiger partial charge in [-0.15, -0.1) is 0 Å². The molecule has 2 aliphatic rings. The Hall–Kier alpha value is -2.66. The van der Waals surface area contributed by atoms with Gasteiger partial charge in [0.05, 0.1) is 18.0 Å². The van der Waals surface area contributed by atoms with Gasteiger partial charge >= 0.3 is 6.18 Å². The van der Waals surface area contributed by atoms with E-state index in [2.05, 4.69) is 21.3 Å². The summed E-state index contributed by atoms with van der Waals surface area (Å²) in [6, 6.07) is 6.76. The summed E-state index contributed by atoms with van der Waals surface area (Å²) in [6.07, 6.45) is -6.05. The smallest absolute Gasteiger partial charge is 0.381 e. The van der Waals surface area contributed by atoms with Crippen LogP contribution in [-0.2, 0) is 20.9 Å². The van der Waals surface area contributed by atoms with Crippen LogP contribution in [0.25, 0.3) is 0 Å². The number of carbonyl (C=O) groups excluding carboxylic acids is 3. The fourth-order valence-electron chi connectivity index (χ4n) is 3.98. The second-order valence-electron chi connectivity index (χ2n) is 8.21. The topological polar surface area (TPSA) is 120 Å². The Morgan fingerprint density at radius 2 is 1.94 bits per heavy atom. The molecular weight excluding hydrogens is 429 g/mol. The van der Waals surface area contributed by atoms with Crippen LogP contribution in [0.15, 0.2) is 30.3 Å². The summed E-state index contributed by atoms with van der Waals surface area (Å²) in [6.45, 7) is 0.216. The average molecular weight is 456 g/mol. The lowest BCUT2D eigenvalue weighted by Crippen LogP contribution is -2.54. The minimum absolute atomic E-state index is 0.00703. The second-order valence-corrected chi connectivity index (χ2v) is 8.21. The number of hydrogen-bond acceptors (Lipinski definition) is 5. The van der Waals surface area contributed by atoms with Crippen molar-refractivity contribution in [3.05, 3.63) is 35.9 Å². The van der Waals surface area contributed by atoms with E-state index < -0.39 is 54.4 Å². The van der Waals surface area contributed by atoms with Crippen molar-refractivity contribution in [1.82, 2.24) is 21.3 Å². The predicted octanol–water partition coefficient (Wildman–Crippen LogP) is 0.215. The normalized spacial score (nSPS) is 25.1. The lowest BCUT2D eigenvalue weighted by molar-refractivity contribution is -0.169. The maximum Gasteiger partial charge on any atom is 0.393 e. The summed E-state index contributed by atoms with van der Waals surface area (Å²) < 4.78 is 38.8. The highest BCUT2D eigenvalue weighted by Crippen LogP contribution is 2.32. The lowest BCUT2D eigenvalue weighted by atomic mass is 9.94. The van der Waals surface area contributed by atoms with Crippen molar-refractivity contribution in [2.75, 3.05) is 13.1 Å². The van der Waals surface area contributed by atoms with Gasteiger partial charge in [-0.05, 0) is 24.8 Å². The Bertz CT molecular complexity index is 821. The van der Waals surface area contributed by atoms with Crippen molar-refractivity contribution >= 4 is 17.7 Å². The Morgan fingerprint density at radius 1 is 1.22 bits per heavy atom. The molecule has 2 unspecified atom stereocenters. The monoisotopic (exact) mass is 456 g/mol. The highest BCUT2D eigenvalue weighted by atomic mass is 19.4. The SMILES string of the molecule is O=C(NCc1ccccc1)C(O)C(C[C@@H]1CCNC1=O)NC(=O)[C@@H]1C[C@@H](C(F)(F)F)CN1. The zero-order chi connectivity index (χ0) is 23.3. The zero-order valence-electron chi connectivity index (χ0n) is 17.3. The van der Waals surface area contributed by atoms with E-state index in [9.17, 15) is 32.7 Å². The van der Waals surface area contributed by atoms with Crippen molar-refractivity contribution in [3.63, 3.8) is 0 Å². The molecule has 0 spiro atoms. The van der Waals surface area contributed by atoms with Crippen molar-refractivity contribution in [2.45, 2.75) is 50.2 Å². The number of amides is 3. The van der Waals surface area contributed by atoms with Crippen LogP contribution >= 0.6 is 0 Å². The van der Waals surface area contributed by atoms with E-state index >= 15 is 0 Å². The fourth-order valence-corrected chi connectivity index (χ4v) is 3.98. The molecule has 3 rings (SSSR count). The van der Waals surface area contributed by atoms with E-state index in [0.717, 1.165) is 5.56 Å². The van der Waals surface area contributed by atoms with Crippen LogP contribution in [0.4, 0.5) is 13.2 Å². The van der Waals surface area contributed by atoms with Crippen LogP contribution in [0.5, 0.6) is 0 Å². The number of carbonyl (C=O) groups is 3. The third kappa shape index (κ3) is 6.19. The van der Waals surface area contributed by atoms with Gasteiger partial charge in [-0.2, -0.15) is 13.2 Å². The van der Waals surface area contributed by atoms with Gasteiger partial charge < -0.3 is 26.4 Å². The molecule has 1 aromatic rings. The summed E-state index contributed by atoms with van der Waals surface area (Å²) in [4.78, 5) is 37.1. The summed E-state index contributed by atoms with van der Waals surface area (Å²) in [7, 11) is 0. The average Bonchev–Trinajstić information content (AvgIpc) is 3.41. The van der Waals surface area contributed by atoms with Gasteiger partial charge in [0.2, 0.25) is 11.8 Å². The summed E-state index contributed by atoms with van der Waals surface area (Å²) in [5, 5.41) is 20.9. The number of benzene rings is 1. The Labute approximate surface area is 183 Å². The van der Waals surface area contributed by atoms with Gasteiger partial charge in [0, 0.05) is 25.6 Å². The summed E-state index contributed by atoms with van der Waals surface area (Å²) in [5.41, 5.74) is 0.803. The standard InChI is InChI=1S/C21H27F3N4O4/c22-21(23,24)14-9-16(26-11-14)19(31)28-15(8-13-6-7-25-18(13)30)17(29)20(32)27-10-12-4-2-1-3-5-12/h1-5,13-17,26,29H,6-11H2,(H,25,30)(H,27,32)(H,28,31)/t13-,14+,15?,16-,17?/m0/s1. The Kier molecular flexibility index (Phi) is 7.73. The Morgan fingerprint density at radius 3 is 2.53 bits per heavy atom. The molecule has 1 aromatic carbocycles. The van der Waals surface area contributed by atoms with Crippen LogP contribution < -0.4 is 21.3 Å². The van der Waals surface area contributed by atoms with Gasteiger partial charge in [-0.3, -0.25) is 14.4 Å². The largest absolute Gasteiger partial charge is 0.393 e. The van der Waals surface area contributed by atoms with Gasteiger partial charge in [0.15, 0.2) is 6.10 Å². The van der Waals surface area contributed by atoms with E-state index in [1.807, 2.05) is 6.07 Å². The maximum atomic E-state index is 12.9. The molecule has 176 valence electrons. The molecule has 2 aliphatic heterocycles. The number of alkyl halides is 3. The molecular formula is C21H27F3N4O4. The second kappa shape index (κ2) is 10.3.